The first-order valence-electron chi connectivity index (χ1n) is 5.76. The molecule has 1 N–H and O–H groups in total. The van der Waals surface area contributed by atoms with Crippen LogP contribution in [0, 0.1) is 41.4 Å². The molecule has 112 valence electrons. The molecule has 0 saturated heterocycles. The van der Waals surface area contributed by atoms with E-state index in [1.807, 2.05) is 5.32 Å². The number of carbonyl (C=O) groups excluding carboxylic acids is 1. The normalized spacial score (nSPS) is 10.2. The van der Waals surface area contributed by atoms with Crippen LogP contribution < -0.4 is 5.32 Å². The Labute approximate surface area is 121 Å². The molecule has 2 aromatic rings. The van der Waals surface area contributed by atoms with Gasteiger partial charge in [0, 0.05) is 11.3 Å². The molecular formula is C15H6F5NO. The topological polar surface area (TPSA) is 29.1 Å². The van der Waals surface area contributed by atoms with E-state index in [1.54, 1.807) is 0 Å². The lowest BCUT2D eigenvalue weighted by Crippen LogP contribution is -2.19. The van der Waals surface area contributed by atoms with Crippen LogP contribution in [-0.4, -0.2) is 5.91 Å². The molecule has 0 heterocycles. The molecule has 2 nitrogen and oxygen atoms in total. The van der Waals surface area contributed by atoms with Crippen LogP contribution in [0.15, 0.2) is 24.3 Å². The predicted molar refractivity (Wildman–Crippen MR) is 68.6 cm³/mol. The van der Waals surface area contributed by atoms with Crippen LogP contribution in [0.5, 0.6) is 0 Å². The van der Waals surface area contributed by atoms with E-state index >= 15 is 0 Å². The van der Waals surface area contributed by atoms with Crippen molar-refractivity contribution in [3.63, 3.8) is 0 Å². The number of carbonyl (C=O) groups is 1. The lowest BCUT2D eigenvalue weighted by Gasteiger charge is -2.09. The Morgan fingerprint density at radius 3 is 1.77 bits per heavy atom. The number of terminal acetylenes is 1. The maximum Gasteiger partial charge on any atom is 0.261 e. The van der Waals surface area contributed by atoms with E-state index < -0.39 is 40.6 Å². The van der Waals surface area contributed by atoms with Gasteiger partial charge in [-0.25, -0.2) is 22.0 Å². The standard InChI is InChI=1S/C15H6F5NO/c1-2-7-3-5-8(6-4-7)21-15(22)9-10(16)12(18)14(20)13(19)11(9)17/h1,3-6H,(H,21,22). The highest BCUT2D eigenvalue weighted by Gasteiger charge is 2.29. The summed E-state index contributed by atoms with van der Waals surface area (Å²) in [5.41, 5.74) is -1.00. The molecule has 1 amide bonds. The quantitative estimate of drug-likeness (QED) is 0.390. The van der Waals surface area contributed by atoms with Crippen molar-refractivity contribution in [2.75, 3.05) is 5.32 Å². The number of nitrogens with one attached hydrogen (secondary N) is 1. The Bertz CT molecular complexity index is 764. The minimum Gasteiger partial charge on any atom is -0.322 e. The van der Waals surface area contributed by atoms with Crippen molar-refractivity contribution in [1.29, 1.82) is 0 Å². The molecule has 0 fully saturated rings. The molecule has 0 aliphatic heterocycles. The molecule has 0 spiro atoms. The highest BCUT2D eigenvalue weighted by molar-refractivity contribution is 6.04. The van der Waals surface area contributed by atoms with Gasteiger partial charge in [0.25, 0.3) is 5.91 Å². The Balaban J connectivity index is 2.40. The van der Waals surface area contributed by atoms with Crippen molar-refractivity contribution >= 4 is 11.6 Å². The van der Waals surface area contributed by atoms with Crippen LogP contribution in [0.3, 0.4) is 0 Å². The van der Waals surface area contributed by atoms with Crippen LogP contribution in [-0.2, 0) is 0 Å². The zero-order valence-electron chi connectivity index (χ0n) is 10.7. The average molecular weight is 311 g/mol. The summed E-state index contributed by atoms with van der Waals surface area (Å²) in [5, 5.41) is 2.02. The van der Waals surface area contributed by atoms with E-state index in [0.29, 0.717) is 5.56 Å². The minimum absolute atomic E-state index is 0.0768. The van der Waals surface area contributed by atoms with E-state index in [-0.39, 0.29) is 5.69 Å². The molecule has 0 aliphatic carbocycles. The lowest BCUT2D eigenvalue weighted by atomic mass is 10.1. The first kappa shape index (κ1) is 15.5. The SMILES string of the molecule is C#Cc1ccc(NC(=O)c2c(F)c(F)c(F)c(F)c2F)cc1. The maximum atomic E-state index is 13.5. The number of benzene rings is 2. The van der Waals surface area contributed by atoms with E-state index in [1.165, 1.54) is 24.3 Å². The van der Waals surface area contributed by atoms with E-state index in [4.69, 9.17) is 6.42 Å². The molecule has 0 saturated carbocycles. The zero-order valence-corrected chi connectivity index (χ0v) is 10.7. The van der Waals surface area contributed by atoms with Crippen molar-refractivity contribution < 1.29 is 26.7 Å². The second-order valence-corrected chi connectivity index (χ2v) is 4.12. The molecule has 2 aromatic carbocycles. The Morgan fingerprint density at radius 2 is 1.32 bits per heavy atom. The van der Waals surface area contributed by atoms with Crippen LogP contribution in [0.25, 0.3) is 0 Å². The molecule has 0 radical (unpaired) electrons. The molecule has 2 rings (SSSR count). The molecule has 0 unspecified atom stereocenters. The summed E-state index contributed by atoms with van der Waals surface area (Å²) >= 11 is 0. The van der Waals surface area contributed by atoms with E-state index in [9.17, 15) is 26.7 Å². The van der Waals surface area contributed by atoms with Crippen molar-refractivity contribution in [3.05, 3.63) is 64.5 Å². The molecule has 0 aromatic heterocycles. The summed E-state index contributed by atoms with van der Waals surface area (Å²) in [5.74, 6) is -10.3. The average Bonchev–Trinajstić information content (AvgIpc) is 2.52. The molecule has 7 heteroatoms. The number of hydrogen-bond donors (Lipinski definition) is 1. The predicted octanol–water partition coefficient (Wildman–Crippen LogP) is 3.62. The first-order valence-corrected chi connectivity index (χ1v) is 5.76. The smallest absolute Gasteiger partial charge is 0.261 e. The van der Waals surface area contributed by atoms with Gasteiger partial charge in [-0.2, -0.15) is 0 Å². The lowest BCUT2D eigenvalue weighted by molar-refractivity contribution is 0.101. The van der Waals surface area contributed by atoms with Crippen LogP contribution in [0.4, 0.5) is 27.6 Å². The summed E-state index contributed by atoms with van der Waals surface area (Å²) in [6.07, 6.45) is 5.12. The third-order valence-electron chi connectivity index (χ3n) is 2.75. The molecule has 0 atom stereocenters. The molecular weight excluding hydrogens is 305 g/mol. The van der Waals surface area contributed by atoms with Crippen molar-refractivity contribution in [3.8, 4) is 12.3 Å². The van der Waals surface area contributed by atoms with Gasteiger partial charge >= 0.3 is 0 Å². The maximum absolute atomic E-state index is 13.5. The highest BCUT2D eigenvalue weighted by Crippen LogP contribution is 2.24. The molecule has 0 aliphatic rings. The number of halogens is 5. The van der Waals surface area contributed by atoms with Gasteiger partial charge in [0.2, 0.25) is 5.82 Å². The monoisotopic (exact) mass is 311 g/mol. The largest absolute Gasteiger partial charge is 0.322 e. The fraction of sp³-hybridized carbons (Fsp3) is 0. The first-order chi connectivity index (χ1) is 10.4. The third kappa shape index (κ3) is 2.63. The number of amides is 1. The van der Waals surface area contributed by atoms with Gasteiger partial charge in [0.15, 0.2) is 23.3 Å². The summed E-state index contributed by atoms with van der Waals surface area (Å²) in [6, 6.07) is 5.49. The van der Waals surface area contributed by atoms with Gasteiger partial charge in [0.05, 0.1) is 0 Å². The Kier molecular flexibility index (Phi) is 4.13. The summed E-state index contributed by atoms with van der Waals surface area (Å²) in [6.45, 7) is 0. The molecule has 0 bridgehead atoms. The van der Waals surface area contributed by atoms with Crippen LogP contribution >= 0.6 is 0 Å². The van der Waals surface area contributed by atoms with Crippen LogP contribution in [0.2, 0.25) is 0 Å². The van der Waals surface area contributed by atoms with Gasteiger partial charge < -0.3 is 5.32 Å². The molecule has 22 heavy (non-hydrogen) atoms. The number of hydrogen-bond acceptors (Lipinski definition) is 1. The highest BCUT2D eigenvalue weighted by atomic mass is 19.2. The third-order valence-corrected chi connectivity index (χ3v) is 2.75. The fourth-order valence-corrected chi connectivity index (χ4v) is 1.65. The van der Waals surface area contributed by atoms with Crippen molar-refractivity contribution in [2.24, 2.45) is 0 Å². The Hall–Kier alpha value is -2.88. The minimum atomic E-state index is -2.33. The zero-order chi connectivity index (χ0) is 16.4. The second-order valence-electron chi connectivity index (χ2n) is 4.12. The van der Waals surface area contributed by atoms with Gasteiger partial charge in [-0.05, 0) is 24.3 Å². The van der Waals surface area contributed by atoms with Gasteiger partial charge in [-0.15, -0.1) is 6.42 Å². The summed E-state index contributed by atoms with van der Waals surface area (Å²) < 4.78 is 65.9. The van der Waals surface area contributed by atoms with Gasteiger partial charge in [-0.3, -0.25) is 4.79 Å². The number of anilines is 1. The summed E-state index contributed by atoms with van der Waals surface area (Å²) in [7, 11) is 0. The van der Waals surface area contributed by atoms with Crippen molar-refractivity contribution in [2.45, 2.75) is 0 Å². The number of rotatable bonds is 2. The van der Waals surface area contributed by atoms with Crippen molar-refractivity contribution in [1.82, 2.24) is 0 Å². The summed E-state index contributed by atoms with van der Waals surface area (Å²) in [4.78, 5) is 11.7. The Morgan fingerprint density at radius 1 is 0.864 bits per heavy atom. The van der Waals surface area contributed by atoms with Gasteiger partial charge in [0.1, 0.15) is 5.56 Å². The van der Waals surface area contributed by atoms with E-state index in [0.717, 1.165) is 0 Å². The fourth-order valence-electron chi connectivity index (χ4n) is 1.65. The van der Waals surface area contributed by atoms with E-state index in [2.05, 4.69) is 5.92 Å². The second kappa shape index (κ2) is 5.85. The van der Waals surface area contributed by atoms with Crippen LogP contribution in [0.1, 0.15) is 15.9 Å². The van der Waals surface area contributed by atoms with Gasteiger partial charge in [-0.1, -0.05) is 5.92 Å².